The van der Waals surface area contributed by atoms with Gasteiger partial charge in [0.15, 0.2) is 5.69 Å². The average molecular weight is 435 g/mol. The highest BCUT2D eigenvalue weighted by Crippen LogP contribution is 2.38. The smallest absolute Gasteiger partial charge is 0.283 e. The van der Waals surface area contributed by atoms with E-state index < -0.39 is 0 Å². The molecule has 0 saturated heterocycles. The number of para-hydroxylation sites is 1. The Hall–Kier alpha value is -3.27. The van der Waals surface area contributed by atoms with Gasteiger partial charge in [-0.05, 0) is 55.3 Å². The normalized spacial score (nSPS) is 13.6. The number of nitrogens with zero attached hydrogens (tertiary/aromatic N) is 8. The molecule has 0 unspecified atom stereocenters. The maximum Gasteiger partial charge on any atom is 0.297 e. The molecule has 0 atom stereocenters. The van der Waals surface area contributed by atoms with Crippen LogP contribution in [-0.2, 0) is 12.8 Å². The van der Waals surface area contributed by atoms with Crippen molar-refractivity contribution in [3.8, 4) is 11.4 Å². The van der Waals surface area contributed by atoms with Crippen LogP contribution in [0.1, 0.15) is 41.7 Å². The first-order valence-electron chi connectivity index (χ1n) is 10.1. The minimum Gasteiger partial charge on any atom is -0.283 e. The van der Waals surface area contributed by atoms with Gasteiger partial charge >= 0.3 is 0 Å². The van der Waals surface area contributed by atoms with Gasteiger partial charge in [0.25, 0.3) is 5.56 Å². The zero-order valence-corrected chi connectivity index (χ0v) is 18.4. The fourth-order valence-corrected chi connectivity index (χ4v) is 4.37. The number of thioether (sulfide) groups is 1. The van der Waals surface area contributed by atoms with Crippen molar-refractivity contribution in [1.29, 1.82) is 0 Å². The Morgan fingerprint density at radius 1 is 1.13 bits per heavy atom. The summed E-state index contributed by atoms with van der Waals surface area (Å²) in [6.45, 7) is 3.88. The number of benzene rings is 1. The van der Waals surface area contributed by atoms with Crippen LogP contribution in [0.3, 0.4) is 0 Å². The Balaban J connectivity index is 1.47. The molecule has 4 aromatic rings. The molecular formula is C21H22N8OS. The SMILES string of the molecule is Cc1cc(CSc2nnnn2-c2c(C)n(C)n(-c3ccccc3)c2=O)nc(C2CC2)n1. The molecule has 1 saturated carbocycles. The van der Waals surface area contributed by atoms with E-state index in [1.807, 2.05) is 62.0 Å². The lowest BCUT2D eigenvalue weighted by Crippen LogP contribution is -2.22. The molecule has 0 aliphatic heterocycles. The average Bonchev–Trinajstić information content (AvgIpc) is 3.48. The van der Waals surface area contributed by atoms with Gasteiger partial charge in [0.2, 0.25) is 5.16 Å². The summed E-state index contributed by atoms with van der Waals surface area (Å²) >= 11 is 1.46. The highest BCUT2D eigenvalue weighted by molar-refractivity contribution is 7.98. The van der Waals surface area contributed by atoms with Crippen LogP contribution >= 0.6 is 11.8 Å². The van der Waals surface area contributed by atoms with Gasteiger partial charge in [-0.1, -0.05) is 30.0 Å². The second kappa shape index (κ2) is 7.77. The summed E-state index contributed by atoms with van der Waals surface area (Å²) in [5.74, 6) is 2.03. The van der Waals surface area contributed by atoms with Crippen molar-refractivity contribution >= 4 is 11.8 Å². The zero-order valence-electron chi connectivity index (χ0n) is 17.6. The Morgan fingerprint density at radius 2 is 1.90 bits per heavy atom. The standard InChI is InChI=1S/C21H22N8OS/c1-13-11-16(23-19(22-13)15-9-10-15)12-31-21-24-25-26-28(21)18-14(2)27(3)29(20(18)30)17-7-5-4-6-8-17/h4-8,11,15H,9-10,12H2,1-3H3. The fourth-order valence-electron chi connectivity index (χ4n) is 3.60. The summed E-state index contributed by atoms with van der Waals surface area (Å²) in [7, 11) is 1.85. The lowest BCUT2D eigenvalue weighted by molar-refractivity contribution is 0.630. The van der Waals surface area contributed by atoms with Crippen molar-refractivity contribution in [1.82, 2.24) is 39.5 Å². The Bertz CT molecular complexity index is 1300. The first kappa shape index (κ1) is 19.7. The van der Waals surface area contributed by atoms with Crippen molar-refractivity contribution in [2.24, 2.45) is 7.05 Å². The lowest BCUT2D eigenvalue weighted by atomic mass is 10.3. The van der Waals surface area contributed by atoms with Crippen LogP contribution in [0.2, 0.25) is 0 Å². The molecule has 9 nitrogen and oxygen atoms in total. The Morgan fingerprint density at radius 3 is 2.65 bits per heavy atom. The molecule has 1 aromatic carbocycles. The molecule has 1 aliphatic carbocycles. The minimum atomic E-state index is -0.172. The second-order valence-electron chi connectivity index (χ2n) is 7.71. The molecule has 1 fully saturated rings. The molecule has 0 spiro atoms. The van der Waals surface area contributed by atoms with E-state index in [-0.39, 0.29) is 5.56 Å². The molecule has 158 valence electrons. The number of hydrogen-bond donors (Lipinski definition) is 0. The van der Waals surface area contributed by atoms with Gasteiger partial charge in [0.1, 0.15) is 5.82 Å². The van der Waals surface area contributed by atoms with Crippen LogP contribution in [0.25, 0.3) is 11.4 Å². The van der Waals surface area contributed by atoms with E-state index in [9.17, 15) is 4.79 Å². The van der Waals surface area contributed by atoms with Gasteiger partial charge < -0.3 is 0 Å². The largest absolute Gasteiger partial charge is 0.297 e. The highest BCUT2D eigenvalue weighted by atomic mass is 32.2. The topological polar surface area (TPSA) is 96.3 Å². The van der Waals surface area contributed by atoms with Gasteiger partial charge in [0, 0.05) is 24.4 Å². The van der Waals surface area contributed by atoms with Crippen molar-refractivity contribution in [3.63, 3.8) is 0 Å². The summed E-state index contributed by atoms with van der Waals surface area (Å²) in [5, 5.41) is 12.7. The van der Waals surface area contributed by atoms with E-state index in [2.05, 4.69) is 20.5 Å². The van der Waals surface area contributed by atoms with E-state index in [0.717, 1.165) is 41.4 Å². The first-order valence-corrected chi connectivity index (χ1v) is 11.1. The molecule has 1 aliphatic rings. The van der Waals surface area contributed by atoms with Gasteiger partial charge in [-0.15, -0.1) is 5.10 Å². The fraction of sp³-hybridized carbons (Fsp3) is 0.333. The van der Waals surface area contributed by atoms with Crippen molar-refractivity contribution in [2.45, 2.75) is 43.5 Å². The third-order valence-electron chi connectivity index (χ3n) is 5.39. The predicted molar refractivity (Wildman–Crippen MR) is 117 cm³/mol. The van der Waals surface area contributed by atoms with Crippen LogP contribution in [0.4, 0.5) is 0 Å². The van der Waals surface area contributed by atoms with Crippen molar-refractivity contribution in [2.75, 3.05) is 0 Å². The lowest BCUT2D eigenvalue weighted by Gasteiger charge is -2.07. The van der Waals surface area contributed by atoms with Gasteiger partial charge in [-0.25, -0.2) is 14.6 Å². The molecule has 31 heavy (non-hydrogen) atoms. The molecule has 0 N–H and O–H groups in total. The van der Waals surface area contributed by atoms with Crippen LogP contribution < -0.4 is 5.56 Å². The third kappa shape index (κ3) is 3.67. The Labute approximate surface area is 183 Å². The molecule has 0 radical (unpaired) electrons. The number of tetrazole rings is 1. The number of aryl methyl sites for hydroxylation is 1. The number of rotatable bonds is 6. The molecule has 5 rings (SSSR count). The summed E-state index contributed by atoms with van der Waals surface area (Å²) in [6.07, 6.45) is 2.32. The second-order valence-corrected chi connectivity index (χ2v) is 8.65. The Kier molecular flexibility index (Phi) is 4.93. The summed E-state index contributed by atoms with van der Waals surface area (Å²) in [5.41, 5.74) is 3.75. The quantitative estimate of drug-likeness (QED) is 0.431. The molecule has 0 bridgehead atoms. The van der Waals surface area contributed by atoms with Gasteiger partial charge in [-0.2, -0.15) is 4.68 Å². The molecule has 3 heterocycles. The highest BCUT2D eigenvalue weighted by Gasteiger charge is 2.27. The predicted octanol–water partition coefficient (Wildman–Crippen LogP) is 2.73. The maximum absolute atomic E-state index is 13.3. The molecular weight excluding hydrogens is 412 g/mol. The zero-order chi connectivity index (χ0) is 21.5. The monoisotopic (exact) mass is 434 g/mol. The van der Waals surface area contributed by atoms with Crippen molar-refractivity contribution in [3.05, 3.63) is 69.7 Å². The molecule has 10 heteroatoms. The van der Waals surface area contributed by atoms with E-state index in [1.54, 1.807) is 4.68 Å². The van der Waals surface area contributed by atoms with Crippen LogP contribution in [0.15, 0.2) is 46.3 Å². The number of aromatic nitrogens is 8. The van der Waals surface area contributed by atoms with Gasteiger partial charge in [-0.3, -0.25) is 9.48 Å². The van der Waals surface area contributed by atoms with E-state index in [1.165, 1.54) is 16.4 Å². The van der Waals surface area contributed by atoms with Crippen LogP contribution in [0, 0.1) is 13.8 Å². The first-order chi connectivity index (χ1) is 15.0. The van der Waals surface area contributed by atoms with Crippen LogP contribution in [0.5, 0.6) is 0 Å². The molecule has 0 amide bonds. The van der Waals surface area contributed by atoms with Gasteiger partial charge in [0.05, 0.1) is 17.1 Å². The van der Waals surface area contributed by atoms with Crippen molar-refractivity contribution < 1.29 is 0 Å². The van der Waals surface area contributed by atoms with E-state index >= 15 is 0 Å². The maximum atomic E-state index is 13.3. The summed E-state index contributed by atoms with van der Waals surface area (Å²) in [4.78, 5) is 22.6. The summed E-state index contributed by atoms with van der Waals surface area (Å²) in [6, 6.07) is 11.5. The van der Waals surface area contributed by atoms with E-state index in [4.69, 9.17) is 4.98 Å². The molecule has 3 aromatic heterocycles. The summed E-state index contributed by atoms with van der Waals surface area (Å²) < 4.78 is 4.97. The van der Waals surface area contributed by atoms with Crippen LogP contribution in [-0.4, -0.2) is 39.5 Å². The van der Waals surface area contributed by atoms with E-state index in [0.29, 0.717) is 22.5 Å². The third-order valence-corrected chi connectivity index (χ3v) is 6.35. The number of hydrogen-bond acceptors (Lipinski definition) is 7. The minimum absolute atomic E-state index is 0.172.